The maximum Gasteiger partial charge on any atom is 0.246 e. The number of hydrogen-bond acceptors (Lipinski definition) is 3. The molecule has 1 aliphatic carbocycles. The van der Waals surface area contributed by atoms with Crippen LogP contribution in [0, 0.1) is 0 Å². The lowest BCUT2D eigenvalue weighted by atomic mass is 9.83. The van der Waals surface area contributed by atoms with Crippen LogP contribution in [-0.2, 0) is 16.1 Å². The topological polar surface area (TPSA) is 64.3 Å². The number of rotatable bonds is 6. The summed E-state index contributed by atoms with van der Waals surface area (Å²) in [6.45, 7) is 1.11. The molecule has 4 nitrogen and oxygen atoms in total. The van der Waals surface area contributed by atoms with Crippen molar-refractivity contribution in [2.45, 2.75) is 44.2 Å². The van der Waals surface area contributed by atoms with E-state index in [1.54, 1.807) is 0 Å². The van der Waals surface area contributed by atoms with E-state index in [1.807, 2.05) is 30.3 Å². The fourth-order valence-corrected chi connectivity index (χ4v) is 2.59. The van der Waals surface area contributed by atoms with Gasteiger partial charge in [-0.25, -0.2) is 0 Å². The minimum Gasteiger partial charge on any atom is -0.370 e. The zero-order valence-corrected chi connectivity index (χ0v) is 11.9. The molecule has 0 heterocycles. The first-order chi connectivity index (χ1) is 9.68. The van der Waals surface area contributed by atoms with Crippen molar-refractivity contribution in [3.05, 3.63) is 35.9 Å². The number of nitrogens with two attached hydrogens (primary N) is 1. The molecular weight excluding hydrogens is 252 g/mol. The highest BCUT2D eigenvalue weighted by atomic mass is 16.5. The molecule has 1 aromatic carbocycles. The van der Waals surface area contributed by atoms with E-state index in [2.05, 4.69) is 5.32 Å². The third-order valence-corrected chi connectivity index (χ3v) is 3.80. The van der Waals surface area contributed by atoms with Crippen molar-refractivity contribution in [2.24, 2.45) is 5.73 Å². The first-order valence-electron chi connectivity index (χ1n) is 7.35. The van der Waals surface area contributed by atoms with Crippen LogP contribution in [0.4, 0.5) is 0 Å². The van der Waals surface area contributed by atoms with E-state index >= 15 is 0 Å². The van der Waals surface area contributed by atoms with Crippen LogP contribution >= 0.6 is 0 Å². The molecule has 20 heavy (non-hydrogen) atoms. The van der Waals surface area contributed by atoms with Crippen molar-refractivity contribution < 1.29 is 9.53 Å². The Labute approximate surface area is 120 Å². The van der Waals surface area contributed by atoms with Crippen LogP contribution in [0.15, 0.2) is 30.3 Å². The molecule has 0 atom stereocenters. The largest absolute Gasteiger partial charge is 0.370 e. The maximum absolute atomic E-state index is 11.7. The number of nitrogens with one attached hydrogen (secondary N) is 1. The van der Waals surface area contributed by atoms with Gasteiger partial charge in [0.15, 0.2) is 0 Å². The molecule has 0 unspecified atom stereocenters. The van der Waals surface area contributed by atoms with E-state index < -0.39 is 0 Å². The zero-order valence-electron chi connectivity index (χ0n) is 11.9. The Hall–Kier alpha value is -1.39. The standard InChI is InChI=1S/C16H24N2O2/c17-16(9-5-2-6-10-16)13-20-12-15(19)18-11-14-7-3-1-4-8-14/h1,3-4,7-8H,2,5-6,9-13,17H2,(H,18,19). The van der Waals surface area contributed by atoms with Gasteiger partial charge in [-0.05, 0) is 18.4 Å². The second-order valence-electron chi connectivity index (χ2n) is 5.68. The van der Waals surface area contributed by atoms with Crippen molar-refractivity contribution in [1.29, 1.82) is 0 Å². The molecule has 0 saturated heterocycles. The van der Waals surface area contributed by atoms with E-state index in [0.717, 1.165) is 18.4 Å². The molecule has 0 radical (unpaired) electrons. The zero-order chi connectivity index (χ0) is 14.3. The number of benzene rings is 1. The Morgan fingerprint density at radius 1 is 1.20 bits per heavy atom. The summed E-state index contributed by atoms with van der Waals surface area (Å²) in [6.07, 6.45) is 5.59. The van der Waals surface area contributed by atoms with Gasteiger partial charge in [-0.3, -0.25) is 4.79 Å². The lowest BCUT2D eigenvalue weighted by molar-refractivity contribution is -0.126. The highest BCUT2D eigenvalue weighted by molar-refractivity contribution is 5.77. The molecule has 0 spiro atoms. The summed E-state index contributed by atoms with van der Waals surface area (Å²) in [5, 5.41) is 2.84. The normalized spacial score (nSPS) is 17.6. The van der Waals surface area contributed by atoms with Gasteiger partial charge in [-0.15, -0.1) is 0 Å². The van der Waals surface area contributed by atoms with Gasteiger partial charge in [0.2, 0.25) is 5.91 Å². The van der Waals surface area contributed by atoms with Gasteiger partial charge in [0.25, 0.3) is 0 Å². The van der Waals surface area contributed by atoms with Crippen molar-refractivity contribution in [3.8, 4) is 0 Å². The Morgan fingerprint density at radius 3 is 2.60 bits per heavy atom. The van der Waals surface area contributed by atoms with Gasteiger partial charge in [0.05, 0.1) is 6.61 Å². The molecule has 1 saturated carbocycles. The third kappa shape index (κ3) is 4.94. The Balaban J connectivity index is 1.63. The second kappa shape index (κ2) is 7.41. The highest BCUT2D eigenvalue weighted by Crippen LogP contribution is 2.25. The van der Waals surface area contributed by atoms with Crippen LogP contribution < -0.4 is 11.1 Å². The fraction of sp³-hybridized carbons (Fsp3) is 0.562. The average molecular weight is 276 g/mol. The lowest BCUT2D eigenvalue weighted by Crippen LogP contribution is -2.46. The SMILES string of the molecule is NC1(COCC(=O)NCc2ccccc2)CCCCC1. The van der Waals surface area contributed by atoms with Crippen LogP contribution in [0.1, 0.15) is 37.7 Å². The Kier molecular flexibility index (Phi) is 5.56. The van der Waals surface area contributed by atoms with Gasteiger partial charge >= 0.3 is 0 Å². The maximum atomic E-state index is 11.7. The number of hydrogen-bond donors (Lipinski definition) is 2. The fourth-order valence-electron chi connectivity index (χ4n) is 2.59. The van der Waals surface area contributed by atoms with E-state index in [4.69, 9.17) is 10.5 Å². The summed E-state index contributed by atoms with van der Waals surface area (Å²) in [5.74, 6) is -0.0896. The van der Waals surface area contributed by atoms with Crippen molar-refractivity contribution in [2.75, 3.05) is 13.2 Å². The highest BCUT2D eigenvalue weighted by Gasteiger charge is 2.27. The first-order valence-corrected chi connectivity index (χ1v) is 7.35. The average Bonchev–Trinajstić information content (AvgIpc) is 2.47. The third-order valence-electron chi connectivity index (χ3n) is 3.80. The number of amides is 1. The molecule has 3 N–H and O–H groups in total. The molecule has 0 bridgehead atoms. The summed E-state index contributed by atoms with van der Waals surface area (Å²) in [4.78, 5) is 11.7. The van der Waals surface area contributed by atoms with Crippen molar-refractivity contribution >= 4 is 5.91 Å². The lowest BCUT2D eigenvalue weighted by Gasteiger charge is -2.32. The quantitative estimate of drug-likeness (QED) is 0.835. The molecule has 1 aliphatic rings. The molecule has 4 heteroatoms. The molecular formula is C16H24N2O2. The Bertz CT molecular complexity index is 414. The molecule has 1 amide bonds. The summed E-state index contributed by atoms with van der Waals surface area (Å²) >= 11 is 0. The summed E-state index contributed by atoms with van der Waals surface area (Å²) in [6, 6.07) is 9.84. The minimum atomic E-state index is -0.224. The number of carbonyl (C=O) groups is 1. The predicted molar refractivity (Wildman–Crippen MR) is 79.1 cm³/mol. The second-order valence-corrected chi connectivity index (χ2v) is 5.68. The van der Waals surface area contributed by atoms with Gasteiger partial charge in [-0.2, -0.15) is 0 Å². The van der Waals surface area contributed by atoms with E-state index in [1.165, 1.54) is 19.3 Å². The Morgan fingerprint density at radius 2 is 1.90 bits per heavy atom. The van der Waals surface area contributed by atoms with E-state index in [9.17, 15) is 4.79 Å². The smallest absolute Gasteiger partial charge is 0.246 e. The summed E-state index contributed by atoms with van der Waals surface area (Å²) < 4.78 is 5.49. The monoisotopic (exact) mass is 276 g/mol. The predicted octanol–water partition coefficient (Wildman–Crippen LogP) is 1.98. The first kappa shape index (κ1) is 15.0. The van der Waals surface area contributed by atoms with Gasteiger partial charge < -0.3 is 15.8 Å². The molecule has 0 aromatic heterocycles. The van der Waals surface area contributed by atoms with Crippen LogP contribution in [0.2, 0.25) is 0 Å². The molecule has 2 rings (SSSR count). The van der Waals surface area contributed by atoms with Crippen LogP contribution in [-0.4, -0.2) is 24.7 Å². The van der Waals surface area contributed by atoms with Crippen LogP contribution in [0.5, 0.6) is 0 Å². The minimum absolute atomic E-state index is 0.0891. The van der Waals surface area contributed by atoms with E-state index in [0.29, 0.717) is 13.2 Å². The van der Waals surface area contributed by atoms with Gasteiger partial charge in [0, 0.05) is 12.1 Å². The van der Waals surface area contributed by atoms with Crippen LogP contribution in [0.3, 0.4) is 0 Å². The van der Waals surface area contributed by atoms with E-state index in [-0.39, 0.29) is 18.1 Å². The van der Waals surface area contributed by atoms with Crippen molar-refractivity contribution in [3.63, 3.8) is 0 Å². The van der Waals surface area contributed by atoms with Gasteiger partial charge in [0.1, 0.15) is 6.61 Å². The van der Waals surface area contributed by atoms with Crippen LogP contribution in [0.25, 0.3) is 0 Å². The van der Waals surface area contributed by atoms with Crippen molar-refractivity contribution in [1.82, 2.24) is 5.32 Å². The summed E-state index contributed by atoms with van der Waals surface area (Å²) in [5.41, 5.74) is 7.12. The number of ether oxygens (including phenoxy) is 1. The molecule has 1 aromatic rings. The molecule has 110 valence electrons. The number of carbonyl (C=O) groups excluding carboxylic acids is 1. The summed E-state index contributed by atoms with van der Waals surface area (Å²) in [7, 11) is 0. The van der Waals surface area contributed by atoms with Gasteiger partial charge in [-0.1, -0.05) is 49.6 Å². The molecule has 0 aliphatic heterocycles. The molecule has 1 fully saturated rings.